The second kappa shape index (κ2) is 6.10. The van der Waals surface area contributed by atoms with E-state index in [2.05, 4.69) is 52.7 Å². The Bertz CT molecular complexity index is 953. The molecule has 0 spiro atoms. The molecule has 2 heterocycles. The average molecular weight is 451 g/mol. The van der Waals surface area contributed by atoms with Gasteiger partial charge in [0.15, 0.2) is 0 Å². The molecule has 0 fully saturated rings. The first-order valence-electron chi connectivity index (χ1n) is 7.09. The maximum atomic E-state index is 14.4. The van der Waals surface area contributed by atoms with Crippen molar-refractivity contribution >= 4 is 43.5 Å². The first-order chi connectivity index (χ1) is 11.6. The summed E-state index contributed by atoms with van der Waals surface area (Å²) in [5.41, 5.74) is 2.27. The lowest BCUT2D eigenvalue weighted by atomic mass is 10.0. The molecule has 0 aliphatic carbocycles. The fourth-order valence-corrected chi connectivity index (χ4v) is 3.42. The van der Waals surface area contributed by atoms with Crippen LogP contribution < -0.4 is 5.32 Å². The lowest BCUT2D eigenvalue weighted by Crippen LogP contribution is -2.21. The highest BCUT2D eigenvalue weighted by Crippen LogP contribution is 2.34. The minimum atomic E-state index is -0.442. The van der Waals surface area contributed by atoms with Gasteiger partial charge in [0, 0.05) is 20.2 Å². The van der Waals surface area contributed by atoms with Gasteiger partial charge in [-0.2, -0.15) is 4.68 Å². The van der Waals surface area contributed by atoms with Gasteiger partial charge in [0.1, 0.15) is 11.9 Å². The number of nitrogens with zero attached hydrogens (tertiary/aromatic N) is 4. The molecule has 4 rings (SSSR count). The van der Waals surface area contributed by atoms with Gasteiger partial charge in [0.2, 0.25) is 5.95 Å². The van der Waals surface area contributed by atoms with Gasteiger partial charge in [0.25, 0.3) is 0 Å². The molecule has 5 nitrogen and oxygen atoms in total. The molecule has 0 bridgehead atoms. The molecule has 1 aromatic heterocycles. The van der Waals surface area contributed by atoms with Crippen molar-refractivity contribution in [3.63, 3.8) is 0 Å². The zero-order valence-electron chi connectivity index (χ0n) is 12.1. The first-order valence-corrected chi connectivity index (χ1v) is 8.68. The molecule has 120 valence electrons. The molecule has 2 aromatic carbocycles. The van der Waals surface area contributed by atoms with Crippen molar-refractivity contribution in [3.8, 4) is 0 Å². The molecular formula is C16H10Br2FN5. The summed E-state index contributed by atoms with van der Waals surface area (Å²) in [6.07, 6.45) is 1.91. The Morgan fingerprint density at radius 1 is 1.08 bits per heavy atom. The molecular weight excluding hydrogens is 441 g/mol. The second-order valence-electron chi connectivity index (χ2n) is 5.27. The Morgan fingerprint density at radius 2 is 1.92 bits per heavy atom. The highest BCUT2D eigenvalue weighted by molar-refractivity contribution is 9.10. The summed E-state index contributed by atoms with van der Waals surface area (Å²) in [6.45, 7) is 0. The summed E-state index contributed by atoms with van der Waals surface area (Å²) in [5.74, 6) is 0.160. The number of halogens is 3. The van der Waals surface area contributed by atoms with Crippen LogP contribution >= 0.6 is 31.9 Å². The quantitative estimate of drug-likeness (QED) is 0.628. The number of rotatable bonds is 2. The highest BCUT2D eigenvalue weighted by atomic mass is 79.9. The van der Waals surface area contributed by atoms with E-state index in [0.29, 0.717) is 11.5 Å². The molecule has 0 amide bonds. The number of aromatic nitrogens is 4. The summed E-state index contributed by atoms with van der Waals surface area (Å²) >= 11 is 6.86. The van der Waals surface area contributed by atoms with E-state index in [1.54, 1.807) is 16.8 Å². The van der Waals surface area contributed by atoms with E-state index in [-0.39, 0.29) is 5.82 Å². The van der Waals surface area contributed by atoms with Crippen molar-refractivity contribution in [2.24, 2.45) is 0 Å². The Balaban J connectivity index is 1.87. The van der Waals surface area contributed by atoms with Crippen molar-refractivity contribution in [2.75, 3.05) is 5.32 Å². The third-order valence-electron chi connectivity index (χ3n) is 3.74. The summed E-state index contributed by atoms with van der Waals surface area (Å²) < 4.78 is 17.7. The average Bonchev–Trinajstić information content (AvgIpc) is 3.05. The number of allylic oxidation sites excluding steroid dienone is 1. The minimum absolute atomic E-state index is 0.309. The van der Waals surface area contributed by atoms with Crippen molar-refractivity contribution in [1.82, 2.24) is 20.2 Å². The van der Waals surface area contributed by atoms with Crippen molar-refractivity contribution < 1.29 is 4.39 Å². The summed E-state index contributed by atoms with van der Waals surface area (Å²) in [5, 5.41) is 14.9. The van der Waals surface area contributed by atoms with E-state index in [0.717, 1.165) is 20.2 Å². The molecule has 3 aromatic rings. The molecule has 24 heavy (non-hydrogen) atoms. The normalized spacial score (nSPS) is 16.3. The van der Waals surface area contributed by atoms with Crippen molar-refractivity contribution in [2.45, 2.75) is 6.04 Å². The van der Waals surface area contributed by atoms with Gasteiger partial charge in [-0.1, -0.05) is 49.1 Å². The highest BCUT2D eigenvalue weighted by Gasteiger charge is 2.26. The van der Waals surface area contributed by atoms with E-state index >= 15 is 0 Å². The van der Waals surface area contributed by atoms with E-state index in [4.69, 9.17) is 0 Å². The standard InChI is InChI=1S/C16H10Br2FN5/c17-10-3-1-2-9(6-10)14-8-15(24-16(20-14)21-22-23-24)12-7-11(18)4-5-13(12)19/h1-8,15H,(H,20,21,23)/t15-/m1/s1. The molecule has 1 aliphatic rings. The lowest BCUT2D eigenvalue weighted by Gasteiger charge is -2.24. The molecule has 0 radical (unpaired) electrons. The smallest absolute Gasteiger partial charge is 0.248 e. The molecule has 0 unspecified atom stereocenters. The van der Waals surface area contributed by atoms with Crippen LogP contribution in [0.1, 0.15) is 17.2 Å². The minimum Gasteiger partial charge on any atom is -0.323 e. The molecule has 0 saturated heterocycles. The van der Waals surface area contributed by atoms with Crippen LogP contribution in [0.3, 0.4) is 0 Å². The third-order valence-corrected chi connectivity index (χ3v) is 4.73. The van der Waals surface area contributed by atoms with Crippen molar-refractivity contribution in [1.29, 1.82) is 0 Å². The van der Waals surface area contributed by atoms with Crippen LogP contribution in [0.15, 0.2) is 57.5 Å². The topological polar surface area (TPSA) is 55.6 Å². The predicted molar refractivity (Wildman–Crippen MR) is 95.8 cm³/mol. The number of tetrazole rings is 1. The largest absolute Gasteiger partial charge is 0.323 e. The van der Waals surface area contributed by atoms with Gasteiger partial charge < -0.3 is 5.32 Å². The maximum absolute atomic E-state index is 14.4. The van der Waals surface area contributed by atoms with Crippen LogP contribution in [-0.2, 0) is 0 Å². The molecule has 8 heteroatoms. The first kappa shape index (κ1) is 15.5. The van der Waals surface area contributed by atoms with E-state index in [9.17, 15) is 4.39 Å². The number of fused-ring (bicyclic) bond motifs is 1. The number of benzene rings is 2. The number of anilines is 1. The monoisotopic (exact) mass is 449 g/mol. The Hall–Kier alpha value is -2.06. The summed E-state index contributed by atoms with van der Waals surface area (Å²) in [4.78, 5) is 0. The van der Waals surface area contributed by atoms with Gasteiger partial charge in [-0.25, -0.2) is 4.39 Å². The van der Waals surface area contributed by atoms with Crippen LogP contribution in [0.4, 0.5) is 10.3 Å². The fourth-order valence-electron chi connectivity index (χ4n) is 2.64. The SMILES string of the molecule is Fc1ccc(Br)cc1[C@H]1C=C(c2cccc(Br)c2)Nc2nnnn21. The van der Waals surface area contributed by atoms with Crippen molar-refractivity contribution in [3.05, 3.63) is 74.4 Å². The maximum Gasteiger partial charge on any atom is 0.248 e. The molecule has 1 aliphatic heterocycles. The predicted octanol–water partition coefficient (Wildman–Crippen LogP) is 4.39. The van der Waals surface area contributed by atoms with Crippen LogP contribution in [0.2, 0.25) is 0 Å². The second-order valence-corrected chi connectivity index (χ2v) is 7.10. The molecule has 1 atom stereocenters. The van der Waals surface area contributed by atoms with Gasteiger partial charge in [-0.15, -0.1) is 0 Å². The van der Waals surface area contributed by atoms with E-state index < -0.39 is 6.04 Å². The molecule has 1 N–H and O–H groups in total. The van der Waals surface area contributed by atoms with Gasteiger partial charge in [-0.05, 0) is 52.4 Å². The zero-order chi connectivity index (χ0) is 16.7. The number of nitrogens with one attached hydrogen (secondary N) is 1. The summed E-state index contributed by atoms with van der Waals surface area (Å²) in [7, 11) is 0. The van der Waals surface area contributed by atoms with Crippen LogP contribution in [-0.4, -0.2) is 20.2 Å². The lowest BCUT2D eigenvalue weighted by molar-refractivity contribution is 0.539. The molecule has 0 saturated carbocycles. The van der Waals surface area contributed by atoms with Gasteiger partial charge >= 0.3 is 0 Å². The Kier molecular flexibility index (Phi) is 3.93. The fraction of sp³-hybridized carbons (Fsp3) is 0.0625. The van der Waals surface area contributed by atoms with E-state index in [1.807, 2.05) is 30.3 Å². The van der Waals surface area contributed by atoms with Gasteiger partial charge in [-0.3, -0.25) is 0 Å². The summed E-state index contributed by atoms with van der Waals surface area (Å²) in [6, 6.07) is 12.2. The van der Waals surface area contributed by atoms with Crippen LogP contribution in [0.25, 0.3) is 5.70 Å². The number of hydrogen-bond acceptors (Lipinski definition) is 4. The van der Waals surface area contributed by atoms with Crippen LogP contribution in [0.5, 0.6) is 0 Å². The van der Waals surface area contributed by atoms with E-state index in [1.165, 1.54) is 6.07 Å². The number of hydrogen-bond donors (Lipinski definition) is 1. The third kappa shape index (κ3) is 2.76. The van der Waals surface area contributed by atoms with Crippen LogP contribution in [0, 0.1) is 5.82 Å². The van der Waals surface area contributed by atoms with Gasteiger partial charge in [0.05, 0.1) is 0 Å². The Morgan fingerprint density at radius 3 is 2.75 bits per heavy atom. The Labute approximate surface area is 153 Å². The zero-order valence-corrected chi connectivity index (χ0v) is 15.3.